The third-order valence-electron chi connectivity index (χ3n) is 2.24. The summed E-state index contributed by atoms with van der Waals surface area (Å²) in [5.74, 6) is -1.12. The molecule has 0 spiro atoms. The number of benzene rings is 1. The summed E-state index contributed by atoms with van der Waals surface area (Å²) in [6, 6.07) is 5.99. The maximum absolute atomic E-state index is 11.6. The van der Waals surface area contributed by atoms with Gasteiger partial charge in [-0.1, -0.05) is 12.1 Å². The zero-order valence-electron chi connectivity index (χ0n) is 8.85. The van der Waals surface area contributed by atoms with Gasteiger partial charge >= 0.3 is 5.97 Å². The van der Waals surface area contributed by atoms with Crippen LogP contribution in [0.1, 0.15) is 40.0 Å². The van der Waals surface area contributed by atoms with E-state index in [2.05, 4.69) is 0 Å². The van der Waals surface area contributed by atoms with Crippen LogP contribution in [0.15, 0.2) is 24.3 Å². The second-order valence-electron chi connectivity index (χ2n) is 3.49. The summed E-state index contributed by atoms with van der Waals surface area (Å²) in [4.78, 5) is 22.3. The second-order valence-corrected chi connectivity index (χ2v) is 3.49. The van der Waals surface area contributed by atoms with Gasteiger partial charge in [-0.3, -0.25) is 4.79 Å². The van der Waals surface area contributed by atoms with E-state index in [0.29, 0.717) is 24.8 Å². The normalized spacial score (nSPS) is 10.1. The number of hydrogen-bond donors (Lipinski definition) is 2. The van der Waals surface area contributed by atoms with E-state index in [1.807, 2.05) is 0 Å². The van der Waals surface area contributed by atoms with Gasteiger partial charge in [0.15, 0.2) is 5.78 Å². The number of aliphatic hydroxyl groups is 1. The van der Waals surface area contributed by atoms with Crippen molar-refractivity contribution in [1.29, 1.82) is 0 Å². The van der Waals surface area contributed by atoms with E-state index < -0.39 is 5.97 Å². The molecule has 0 saturated heterocycles. The third-order valence-corrected chi connectivity index (χ3v) is 2.24. The minimum absolute atomic E-state index is 0.0719. The van der Waals surface area contributed by atoms with Crippen LogP contribution < -0.4 is 0 Å². The van der Waals surface area contributed by atoms with Crippen molar-refractivity contribution < 1.29 is 19.8 Å². The van der Waals surface area contributed by atoms with E-state index in [0.717, 1.165) is 0 Å². The standard InChI is InChI=1S/C12H14O4/c13-7-2-1-6-11(14)9-4-3-5-10(8-9)12(15)16/h3-5,8,13H,1-2,6-7H2,(H,15,16). The predicted octanol–water partition coefficient (Wildman–Crippen LogP) is 1.73. The number of carbonyl (C=O) groups excluding carboxylic acids is 1. The molecule has 0 unspecified atom stereocenters. The number of unbranched alkanes of at least 4 members (excludes halogenated alkanes) is 1. The van der Waals surface area contributed by atoms with Crippen molar-refractivity contribution >= 4 is 11.8 Å². The van der Waals surface area contributed by atoms with Crippen LogP contribution in [0, 0.1) is 0 Å². The first-order valence-electron chi connectivity index (χ1n) is 5.12. The monoisotopic (exact) mass is 222 g/mol. The van der Waals surface area contributed by atoms with Gasteiger partial charge in [-0.25, -0.2) is 4.79 Å². The highest BCUT2D eigenvalue weighted by Gasteiger charge is 2.08. The van der Waals surface area contributed by atoms with Crippen molar-refractivity contribution in [3.63, 3.8) is 0 Å². The molecule has 0 aliphatic carbocycles. The zero-order chi connectivity index (χ0) is 12.0. The highest BCUT2D eigenvalue weighted by Crippen LogP contribution is 2.10. The largest absolute Gasteiger partial charge is 0.478 e. The zero-order valence-corrected chi connectivity index (χ0v) is 8.85. The van der Waals surface area contributed by atoms with Crippen molar-refractivity contribution in [2.45, 2.75) is 19.3 Å². The average molecular weight is 222 g/mol. The fourth-order valence-corrected chi connectivity index (χ4v) is 1.37. The number of Topliss-reactive ketones (excluding diaryl/α,β-unsaturated/α-hetero) is 1. The van der Waals surface area contributed by atoms with Crippen molar-refractivity contribution in [3.8, 4) is 0 Å². The van der Waals surface area contributed by atoms with Crippen molar-refractivity contribution in [1.82, 2.24) is 0 Å². The number of carbonyl (C=O) groups is 2. The lowest BCUT2D eigenvalue weighted by atomic mass is 10.0. The summed E-state index contributed by atoms with van der Waals surface area (Å²) >= 11 is 0. The van der Waals surface area contributed by atoms with Gasteiger partial charge in [-0.15, -0.1) is 0 Å². The molecule has 1 aromatic rings. The van der Waals surface area contributed by atoms with Gasteiger partial charge in [0.25, 0.3) is 0 Å². The molecule has 2 N–H and O–H groups in total. The van der Waals surface area contributed by atoms with Gasteiger partial charge in [0.2, 0.25) is 0 Å². The number of carboxylic acid groups (broad SMARTS) is 1. The van der Waals surface area contributed by atoms with Crippen LogP contribution in [-0.2, 0) is 0 Å². The smallest absolute Gasteiger partial charge is 0.335 e. The summed E-state index contributed by atoms with van der Waals surface area (Å²) in [5.41, 5.74) is 0.533. The highest BCUT2D eigenvalue weighted by atomic mass is 16.4. The second kappa shape index (κ2) is 6.02. The number of carboxylic acids is 1. The predicted molar refractivity (Wildman–Crippen MR) is 58.7 cm³/mol. The van der Waals surface area contributed by atoms with Crippen molar-refractivity contribution in [2.24, 2.45) is 0 Å². The molecule has 86 valence electrons. The number of aliphatic hydroxyl groups excluding tert-OH is 1. The molecule has 0 amide bonds. The van der Waals surface area contributed by atoms with Gasteiger partial charge < -0.3 is 10.2 Å². The molecule has 4 heteroatoms. The first kappa shape index (κ1) is 12.4. The molecular weight excluding hydrogens is 208 g/mol. The number of aromatic carboxylic acids is 1. The van der Waals surface area contributed by atoms with E-state index in [4.69, 9.17) is 10.2 Å². The van der Waals surface area contributed by atoms with E-state index in [9.17, 15) is 9.59 Å². The lowest BCUT2D eigenvalue weighted by molar-refractivity contribution is 0.0697. The van der Waals surface area contributed by atoms with E-state index >= 15 is 0 Å². The van der Waals surface area contributed by atoms with Gasteiger partial charge in [0, 0.05) is 18.6 Å². The van der Waals surface area contributed by atoms with Crippen molar-refractivity contribution in [2.75, 3.05) is 6.61 Å². The van der Waals surface area contributed by atoms with Gasteiger partial charge in [-0.2, -0.15) is 0 Å². The summed E-state index contributed by atoms with van der Waals surface area (Å²) in [6.45, 7) is 0.0719. The lowest BCUT2D eigenvalue weighted by Gasteiger charge is -2.01. The molecule has 1 rings (SSSR count). The molecule has 0 atom stereocenters. The molecule has 16 heavy (non-hydrogen) atoms. The summed E-state index contributed by atoms with van der Waals surface area (Å²) in [6.07, 6.45) is 1.54. The number of hydrogen-bond acceptors (Lipinski definition) is 3. The van der Waals surface area contributed by atoms with Crippen LogP contribution in [-0.4, -0.2) is 28.6 Å². The molecule has 0 aliphatic rings. The third kappa shape index (κ3) is 3.47. The topological polar surface area (TPSA) is 74.6 Å². The Morgan fingerprint density at radius 3 is 2.44 bits per heavy atom. The quantitative estimate of drug-likeness (QED) is 0.567. The Bertz CT molecular complexity index is 384. The Morgan fingerprint density at radius 1 is 1.12 bits per heavy atom. The molecule has 0 heterocycles. The lowest BCUT2D eigenvalue weighted by Crippen LogP contribution is -2.03. The van der Waals surface area contributed by atoms with Crippen LogP contribution in [0.2, 0.25) is 0 Å². The van der Waals surface area contributed by atoms with Crippen LogP contribution >= 0.6 is 0 Å². The summed E-state index contributed by atoms with van der Waals surface area (Å²) < 4.78 is 0. The molecule has 0 bridgehead atoms. The Morgan fingerprint density at radius 2 is 1.81 bits per heavy atom. The molecule has 0 aliphatic heterocycles. The molecule has 0 fully saturated rings. The maximum atomic E-state index is 11.6. The van der Waals surface area contributed by atoms with Crippen LogP contribution in [0.25, 0.3) is 0 Å². The van der Waals surface area contributed by atoms with Crippen molar-refractivity contribution in [3.05, 3.63) is 35.4 Å². The molecule has 4 nitrogen and oxygen atoms in total. The molecular formula is C12H14O4. The van der Waals surface area contributed by atoms with E-state index in [1.165, 1.54) is 12.1 Å². The van der Waals surface area contributed by atoms with E-state index in [1.54, 1.807) is 12.1 Å². The van der Waals surface area contributed by atoms with Gasteiger partial charge in [-0.05, 0) is 25.0 Å². The first-order chi connectivity index (χ1) is 7.65. The molecule has 0 saturated carbocycles. The minimum atomic E-state index is -1.04. The fraction of sp³-hybridized carbons (Fsp3) is 0.333. The Hall–Kier alpha value is -1.68. The summed E-state index contributed by atoms with van der Waals surface area (Å²) in [7, 11) is 0. The molecule has 0 aromatic heterocycles. The highest BCUT2D eigenvalue weighted by molar-refractivity contribution is 5.98. The average Bonchev–Trinajstić information content (AvgIpc) is 2.29. The van der Waals surface area contributed by atoms with Crippen LogP contribution in [0.3, 0.4) is 0 Å². The minimum Gasteiger partial charge on any atom is -0.478 e. The maximum Gasteiger partial charge on any atom is 0.335 e. The summed E-state index contributed by atoms with van der Waals surface area (Å²) in [5, 5.41) is 17.3. The van der Waals surface area contributed by atoms with Crippen LogP contribution in [0.4, 0.5) is 0 Å². The fourth-order valence-electron chi connectivity index (χ4n) is 1.37. The number of rotatable bonds is 6. The van der Waals surface area contributed by atoms with E-state index in [-0.39, 0.29) is 18.0 Å². The first-order valence-corrected chi connectivity index (χ1v) is 5.12. The van der Waals surface area contributed by atoms with Gasteiger partial charge in [0.05, 0.1) is 5.56 Å². The Labute approximate surface area is 93.5 Å². The van der Waals surface area contributed by atoms with Crippen LogP contribution in [0.5, 0.6) is 0 Å². The Balaban J connectivity index is 2.68. The van der Waals surface area contributed by atoms with Gasteiger partial charge in [0.1, 0.15) is 0 Å². The number of ketones is 1. The SMILES string of the molecule is O=C(O)c1cccc(C(=O)CCCCO)c1. The Kier molecular flexibility index (Phi) is 4.66. The molecule has 1 aromatic carbocycles. The molecule has 0 radical (unpaired) electrons.